The molecule has 0 aliphatic rings. The predicted molar refractivity (Wildman–Crippen MR) is 166 cm³/mol. The van der Waals surface area contributed by atoms with E-state index in [0.717, 1.165) is 11.8 Å². The molecule has 0 radical (unpaired) electrons. The normalized spacial score (nSPS) is 10.3. The minimum atomic E-state index is -0.586. The highest BCUT2D eigenvalue weighted by atomic mass is 16.5. The fourth-order valence-electron chi connectivity index (χ4n) is 2.76. The zero-order chi connectivity index (χ0) is 32.5. The average Bonchev–Trinajstić information content (AvgIpc) is 3.04. The van der Waals surface area contributed by atoms with Crippen molar-refractivity contribution in [3.63, 3.8) is 0 Å². The predicted octanol–water partition coefficient (Wildman–Crippen LogP) is 6.42. The van der Waals surface area contributed by atoms with Gasteiger partial charge in [0, 0.05) is 25.2 Å². The molecule has 0 heterocycles. The topological polar surface area (TPSA) is 126 Å². The molecule has 0 fully saturated rings. The van der Waals surface area contributed by atoms with Crippen LogP contribution >= 0.6 is 0 Å². The molecule has 0 saturated heterocycles. The van der Waals surface area contributed by atoms with E-state index in [9.17, 15) is 19.2 Å². The van der Waals surface area contributed by atoms with Gasteiger partial charge in [0.15, 0.2) is 0 Å². The van der Waals surface area contributed by atoms with Crippen LogP contribution in [-0.2, 0) is 28.5 Å². The van der Waals surface area contributed by atoms with Gasteiger partial charge in [-0.15, -0.1) is 0 Å². The second-order valence-corrected chi connectivity index (χ2v) is 7.81. The van der Waals surface area contributed by atoms with Crippen LogP contribution in [0.15, 0.2) is 97.5 Å². The molecular weight excluding hydrogens is 554 g/mol. The van der Waals surface area contributed by atoms with Gasteiger partial charge in [0.05, 0.1) is 30.9 Å². The molecule has 0 aliphatic heterocycles. The molecule has 0 amide bonds. The summed E-state index contributed by atoms with van der Waals surface area (Å²) in [6, 6.07) is 13.3. The molecule has 232 valence electrons. The number of carbonyl (C=O) groups is 4. The fraction of sp³-hybridized carbons (Fsp3) is 0.273. The third kappa shape index (κ3) is 16.7. The number of benzene rings is 2. The minimum Gasteiger partial charge on any atom is -0.493 e. The second kappa shape index (κ2) is 23.6. The molecule has 0 atom stereocenters. The number of carbonyl (C=O) groups excluding carboxylic acids is 4. The van der Waals surface area contributed by atoms with Crippen molar-refractivity contribution < 1.29 is 42.9 Å². The summed E-state index contributed by atoms with van der Waals surface area (Å²) in [5.74, 6) is -0.513. The Balaban J connectivity index is 0.00000227. The highest BCUT2D eigenvalue weighted by Crippen LogP contribution is 2.16. The van der Waals surface area contributed by atoms with E-state index in [1.54, 1.807) is 69.4 Å². The van der Waals surface area contributed by atoms with Crippen molar-refractivity contribution in [2.45, 2.75) is 34.1 Å². The number of hydrogen-bond acceptors (Lipinski definition) is 10. The zero-order valence-corrected chi connectivity index (χ0v) is 25.4. The van der Waals surface area contributed by atoms with E-state index in [2.05, 4.69) is 23.2 Å². The molecule has 0 spiro atoms. The van der Waals surface area contributed by atoms with Gasteiger partial charge in [-0.2, -0.15) is 0 Å². The molecule has 1 N–H and O–H groups in total. The number of anilines is 1. The standard InChI is InChI=1S/C28H29NO7.C3H6O2.C2H6/c1-5-24(15-8-20(3)35-27(31)21-9-13-23(29-4)14-10-21)36-28(32)22-11-16-25(17-12-22)33-18-7-19-34-26(30)6-2;1-2-5-3-4;1-2/h5-6,8-17,29H,1-2,7,18-19H2,3-4H3;3H,2H2,1H3;1-2H3/b20-8+,24-15+;;. The smallest absolute Gasteiger partial charge is 0.343 e. The van der Waals surface area contributed by atoms with Crippen LogP contribution in [0.4, 0.5) is 5.69 Å². The van der Waals surface area contributed by atoms with Crippen molar-refractivity contribution in [1.82, 2.24) is 0 Å². The van der Waals surface area contributed by atoms with Crippen molar-refractivity contribution in [2.75, 3.05) is 32.2 Å². The van der Waals surface area contributed by atoms with Gasteiger partial charge in [0.2, 0.25) is 0 Å². The Bertz CT molecular complexity index is 1210. The molecular formula is C33H41NO9. The van der Waals surface area contributed by atoms with Crippen LogP contribution in [0.25, 0.3) is 0 Å². The monoisotopic (exact) mass is 595 g/mol. The summed E-state index contributed by atoms with van der Waals surface area (Å²) in [5.41, 5.74) is 1.60. The van der Waals surface area contributed by atoms with Gasteiger partial charge in [-0.05, 0) is 80.6 Å². The molecule has 2 rings (SSSR count). The molecule has 0 aliphatic carbocycles. The summed E-state index contributed by atoms with van der Waals surface area (Å²) in [5, 5.41) is 2.98. The lowest BCUT2D eigenvalue weighted by Crippen LogP contribution is -2.07. The highest BCUT2D eigenvalue weighted by Gasteiger charge is 2.10. The summed E-state index contributed by atoms with van der Waals surface area (Å²) < 4.78 is 25.2. The van der Waals surface area contributed by atoms with Gasteiger partial charge in [0.1, 0.15) is 17.3 Å². The van der Waals surface area contributed by atoms with Crippen LogP contribution < -0.4 is 10.1 Å². The van der Waals surface area contributed by atoms with E-state index in [1.165, 1.54) is 18.2 Å². The Morgan fingerprint density at radius 2 is 1.42 bits per heavy atom. The van der Waals surface area contributed by atoms with Gasteiger partial charge >= 0.3 is 17.9 Å². The van der Waals surface area contributed by atoms with Gasteiger partial charge in [-0.3, -0.25) is 4.79 Å². The first-order chi connectivity index (χ1) is 20.8. The SMILES string of the molecule is C=CC(=O)OCCCOc1ccc(C(=O)O/C(C=C)=C/C=C(\C)OC(=O)c2ccc(NC)cc2)cc1.CC.CCOC=O. The minimum absolute atomic E-state index is 0.183. The summed E-state index contributed by atoms with van der Waals surface area (Å²) in [4.78, 5) is 44.9. The molecule has 2 aromatic rings. The molecule has 2 aromatic carbocycles. The second-order valence-electron chi connectivity index (χ2n) is 7.81. The number of nitrogens with one attached hydrogen (secondary N) is 1. The van der Waals surface area contributed by atoms with Gasteiger partial charge < -0.3 is 29.0 Å². The average molecular weight is 596 g/mol. The Labute approximate surface area is 253 Å². The molecule has 0 bridgehead atoms. The fourth-order valence-corrected chi connectivity index (χ4v) is 2.76. The quantitative estimate of drug-likeness (QED) is 0.0469. The number of rotatable bonds is 15. The molecule has 0 aromatic heterocycles. The van der Waals surface area contributed by atoms with Crippen molar-refractivity contribution in [1.29, 1.82) is 0 Å². The van der Waals surface area contributed by atoms with Crippen LogP contribution in [0.1, 0.15) is 54.8 Å². The lowest BCUT2D eigenvalue weighted by atomic mass is 10.2. The van der Waals surface area contributed by atoms with Crippen LogP contribution in [0.2, 0.25) is 0 Å². The van der Waals surface area contributed by atoms with Crippen molar-refractivity contribution in [3.8, 4) is 5.75 Å². The number of allylic oxidation sites excluding steroid dienone is 4. The first-order valence-electron chi connectivity index (χ1n) is 13.6. The highest BCUT2D eigenvalue weighted by molar-refractivity contribution is 5.91. The van der Waals surface area contributed by atoms with Crippen LogP contribution in [0.3, 0.4) is 0 Å². The van der Waals surface area contributed by atoms with Gasteiger partial charge in [-0.1, -0.05) is 27.0 Å². The maximum absolute atomic E-state index is 12.5. The number of hydrogen-bond donors (Lipinski definition) is 1. The molecule has 0 unspecified atom stereocenters. The third-order valence-corrected chi connectivity index (χ3v) is 4.85. The molecule has 0 saturated carbocycles. The lowest BCUT2D eigenvalue weighted by molar-refractivity contribution is -0.138. The molecule has 10 heteroatoms. The molecule has 10 nitrogen and oxygen atoms in total. The first-order valence-corrected chi connectivity index (χ1v) is 13.6. The summed E-state index contributed by atoms with van der Waals surface area (Å²) in [7, 11) is 1.79. The van der Waals surface area contributed by atoms with E-state index < -0.39 is 17.9 Å². The summed E-state index contributed by atoms with van der Waals surface area (Å²) in [6.07, 6.45) is 5.98. The Morgan fingerprint density at radius 1 is 0.837 bits per heavy atom. The van der Waals surface area contributed by atoms with Gasteiger partial charge in [-0.25, -0.2) is 14.4 Å². The molecule has 43 heavy (non-hydrogen) atoms. The summed E-state index contributed by atoms with van der Waals surface area (Å²) >= 11 is 0. The maximum Gasteiger partial charge on any atom is 0.343 e. The Morgan fingerprint density at radius 3 is 1.91 bits per heavy atom. The Kier molecular flexibility index (Phi) is 20.8. The zero-order valence-electron chi connectivity index (χ0n) is 25.4. The van der Waals surface area contributed by atoms with E-state index in [-0.39, 0.29) is 12.4 Å². The van der Waals surface area contributed by atoms with Gasteiger partial charge in [0.25, 0.3) is 6.47 Å². The Hall–Kier alpha value is -5.12. The largest absolute Gasteiger partial charge is 0.493 e. The van der Waals surface area contributed by atoms with Crippen LogP contribution in [-0.4, -0.2) is 51.2 Å². The van der Waals surface area contributed by atoms with E-state index >= 15 is 0 Å². The summed E-state index contributed by atoms with van der Waals surface area (Å²) in [6.45, 7) is 15.8. The first kappa shape index (κ1) is 37.9. The van der Waals surface area contributed by atoms with Crippen LogP contribution in [0, 0.1) is 0 Å². The van der Waals surface area contributed by atoms with Crippen molar-refractivity contribution in [2.24, 2.45) is 0 Å². The lowest BCUT2D eigenvalue weighted by Gasteiger charge is -2.08. The van der Waals surface area contributed by atoms with Crippen LogP contribution in [0.5, 0.6) is 5.75 Å². The third-order valence-electron chi connectivity index (χ3n) is 4.85. The van der Waals surface area contributed by atoms with E-state index in [0.29, 0.717) is 48.7 Å². The maximum atomic E-state index is 12.5. The number of esters is 3. The van der Waals surface area contributed by atoms with Crippen molar-refractivity contribution >= 4 is 30.1 Å². The van der Waals surface area contributed by atoms with E-state index in [4.69, 9.17) is 18.9 Å². The van der Waals surface area contributed by atoms with Crippen molar-refractivity contribution in [3.05, 3.63) is 109 Å². The number of ether oxygens (including phenoxy) is 5. The van der Waals surface area contributed by atoms with E-state index in [1.807, 2.05) is 13.8 Å².